The van der Waals surface area contributed by atoms with Crippen molar-refractivity contribution >= 4 is 27.8 Å². The highest BCUT2D eigenvalue weighted by Gasteiger charge is 2.08. The van der Waals surface area contributed by atoms with Crippen LogP contribution in [-0.4, -0.2) is 15.2 Å². The van der Waals surface area contributed by atoms with E-state index in [9.17, 15) is 0 Å². The number of aromatic nitrogens is 3. The van der Waals surface area contributed by atoms with Gasteiger partial charge in [-0.2, -0.15) is 0 Å². The molecule has 0 aliphatic carbocycles. The van der Waals surface area contributed by atoms with Gasteiger partial charge in [0.2, 0.25) is 0 Å². The van der Waals surface area contributed by atoms with Crippen LogP contribution in [0.1, 0.15) is 5.01 Å². The minimum atomic E-state index is 0.631. The monoisotopic (exact) mass is 350 g/mol. The lowest BCUT2D eigenvalue weighted by atomic mass is 10.2. The van der Waals surface area contributed by atoms with Crippen molar-refractivity contribution in [3.05, 3.63) is 71.1 Å². The zero-order valence-electron chi connectivity index (χ0n) is 12.7. The number of hydrogen-bond acceptors (Lipinski definition) is 6. The molecule has 0 amide bonds. The average molecular weight is 350 g/mol. The van der Waals surface area contributed by atoms with Crippen LogP contribution >= 0.6 is 22.7 Å². The van der Waals surface area contributed by atoms with Crippen LogP contribution in [0.25, 0.3) is 21.8 Å². The van der Waals surface area contributed by atoms with Gasteiger partial charge in [-0.25, -0.2) is 4.98 Å². The molecule has 4 rings (SSSR count). The molecular formula is C18H14N4S2. The highest BCUT2D eigenvalue weighted by molar-refractivity contribution is 7.15. The van der Waals surface area contributed by atoms with E-state index >= 15 is 0 Å². The smallest absolute Gasteiger partial charge is 0.183 e. The Morgan fingerprint density at radius 1 is 0.833 bits per heavy atom. The van der Waals surface area contributed by atoms with Gasteiger partial charge in [0, 0.05) is 16.5 Å². The molecule has 118 valence electrons. The molecule has 2 aromatic heterocycles. The summed E-state index contributed by atoms with van der Waals surface area (Å²) in [4.78, 5) is 4.62. The maximum Gasteiger partial charge on any atom is 0.183 e. The minimum Gasteiger partial charge on any atom is -0.355 e. The van der Waals surface area contributed by atoms with E-state index in [1.807, 2.05) is 48.5 Å². The lowest BCUT2D eigenvalue weighted by Crippen LogP contribution is -1.98. The molecule has 0 atom stereocenters. The summed E-state index contributed by atoms with van der Waals surface area (Å²) >= 11 is 3.20. The summed E-state index contributed by atoms with van der Waals surface area (Å²) in [5.74, 6) is 0. The number of hydrogen-bond donors (Lipinski definition) is 1. The SMILES string of the molecule is c1ccc(-c2csc(NCc3nnc(-c4ccccc4)s3)n2)cc1. The lowest BCUT2D eigenvalue weighted by molar-refractivity contribution is 0.990. The van der Waals surface area contributed by atoms with Gasteiger partial charge in [0.25, 0.3) is 0 Å². The second kappa shape index (κ2) is 6.90. The van der Waals surface area contributed by atoms with Gasteiger partial charge in [-0.1, -0.05) is 72.0 Å². The third-order valence-electron chi connectivity index (χ3n) is 3.45. The van der Waals surface area contributed by atoms with Gasteiger partial charge in [-0.3, -0.25) is 0 Å². The largest absolute Gasteiger partial charge is 0.355 e. The zero-order chi connectivity index (χ0) is 16.2. The molecule has 6 heteroatoms. The third-order valence-corrected chi connectivity index (χ3v) is 5.22. The molecule has 0 spiro atoms. The molecule has 0 aliphatic heterocycles. The van der Waals surface area contributed by atoms with Crippen LogP contribution < -0.4 is 5.32 Å². The molecule has 24 heavy (non-hydrogen) atoms. The fraction of sp³-hybridized carbons (Fsp3) is 0.0556. The van der Waals surface area contributed by atoms with Crippen LogP contribution in [0.2, 0.25) is 0 Å². The zero-order valence-corrected chi connectivity index (χ0v) is 14.3. The molecule has 2 aromatic carbocycles. The van der Waals surface area contributed by atoms with E-state index in [4.69, 9.17) is 0 Å². The number of thiazole rings is 1. The van der Waals surface area contributed by atoms with E-state index in [2.05, 4.69) is 38.0 Å². The van der Waals surface area contributed by atoms with Crippen molar-refractivity contribution < 1.29 is 0 Å². The van der Waals surface area contributed by atoms with Gasteiger partial charge in [0.1, 0.15) is 10.0 Å². The summed E-state index contributed by atoms with van der Waals surface area (Å²) in [7, 11) is 0. The van der Waals surface area contributed by atoms with Crippen LogP contribution in [-0.2, 0) is 6.54 Å². The number of benzene rings is 2. The molecule has 0 fully saturated rings. The van der Waals surface area contributed by atoms with Crippen molar-refractivity contribution in [2.24, 2.45) is 0 Å². The van der Waals surface area contributed by atoms with Crippen molar-refractivity contribution in [3.8, 4) is 21.8 Å². The van der Waals surface area contributed by atoms with Crippen LogP contribution in [0.15, 0.2) is 66.0 Å². The molecule has 0 radical (unpaired) electrons. The Bertz CT molecular complexity index is 839. The number of nitrogens with zero attached hydrogens (tertiary/aromatic N) is 3. The fourth-order valence-corrected chi connectivity index (χ4v) is 3.77. The van der Waals surface area contributed by atoms with Gasteiger partial charge in [0.05, 0.1) is 12.2 Å². The Balaban J connectivity index is 1.43. The Hall–Kier alpha value is -2.57. The van der Waals surface area contributed by atoms with Gasteiger partial charge in [-0.15, -0.1) is 21.5 Å². The molecule has 0 aliphatic rings. The van der Waals surface area contributed by atoms with Gasteiger partial charge in [0.15, 0.2) is 5.13 Å². The Morgan fingerprint density at radius 2 is 1.54 bits per heavy atom. The number of rotatable bonds is 5. The van der Waals surface area contributed by atoms with Crippen molar-refractivity contribution in [2.45, 2.75) is 6.54 Å². The van der Waals surface area contributed by atoms with E-state index in [1.165, 1.54) is 0 Å². The topological polar surface area (TPSA) is 50.7 Å². The fourth-order valence-electron chi connectivity index (χ4n) is 2.27. The predicted molar refractivity (Wildman–Crippen MR) is 100 cm³/mol. The molecule has 2 heterocycles. The van der Waals surface area contributed by atoms with E-state index in [-0.39, 0.29) is 0 Å². The normalized spacial score (nSPS) is 10.7. The second-order valence-electron chi connectivity index (χ2n) is 5.12. The van der Waals surface area contributed by atoms with Crippen LogP contribution in [0.5, 0.6) is 0 Å². The summed E-state index contributed by atoms with van der Waals surface area (Å²) in [6, 6.07) is 20.3. The Morgan fingerprint density at radius 3 is 2.29 bits per heavy atom. The van der Waals surface area contributed by atoms with Crippen molar-refractivity contribution in [1.82, 2.24) is 15.2 Å². The molecule has 1 N–H and O–H groups in total. The highest BCUT2D eigenvalue weighted by Crippen LogP contribution is 2.26. The standard InChI is InChI=1S/C18H14N4S2/c1-3-7-13(8-4-1)15-12-23-18(20-15)19-11-16-21-22-17(24-16)14-9-5-2-6-10-14/h1-10,12H,11H2,(H,19,20). The summed E-state index contributed by atoms with van der Waals surface area (Å²) in [5.41, 5.74) is 3.22. The molecule has 0 saturated carbocycles. The first-order valence-electron chi connectivity index (χ1n) is 7.51. The lowest BCUT2D eigenvalue weighted by Gasteiger charge is -1.98. The summed E-state index contributed by atoms with van der Waals surface area (Å²) in [5, 5.41) is 16.7. The van der Waals surface area contributed by atoms with Crippen molar-refractivity contribution in [2.75, 3.05) is 5.32 Å². The van der Waals surface area contributed by atoms with Crippen molar-refractivity contribution in [3.63, 3.8) is 0 Å². The van der Waals surface area contributed by atoms with Crippen LogP contribution in [0.4, 0.5) is 5.13 Å². The van der Waals surface area contributed by atoms with Crippen LogP contribution in [0, 0.1) is 0 Å². The van der Waals surface area contributed by atoms with Gasteiger partial charge >= 0.3 is 0 Å². The molecule has 4 nitrogen and oxygen atoms in total. The average Bonchev–Trinajstić information content (AvgIpc) is 3.31. The van der Waals surface area contributed by atoms with Crippen LogP contribution in [0.3, 0.4) is 0 Å². The number of anilines is 1. The summed E-state index contributed by atoms with van der Waals surface area (Å²) in [6.45, 7) is 0.631. The van der Waals surface area contributed by atoms with E-state index in [1.54, 1.807) is 22.7 Å². The third kappa shape index (κ3) is 3.34. The van der Waals surface area contributed by atoms with E-state index in [0.29, 0.717) is 6.54 Å². The quantitative estimate of drug-likeness (QED) is 0.554. The predicted octanol–water partition coefficient (Wildman–Crippen LogP) is 4.94. The molecule has 0 bridgehead atoms. The maximum atomic E-state index is 4.62. The first-order chi connectivity index (χ1) is 11.9. The van der Waals surface area contributed by atoms with Gasteiger partial charge < -0.3 is 5.32 Å². The first-order valence-corrected chi connectivity index (χ1v) is 9.21. The molecule has 4 aromatic rings. The minimum absolute atomic E-state index is 0.631. The summed E-state index contributed by atoms with van der Waals surface area (Å²) < 4.78 is 0. The second-order valence-corrected chi connectivity index (χ2v) is 7.04. The first kappa shape index (κ1) is 15.0. The Kier molecular flexibility index (Phi) is 4.31. The maximum absolute atomic E-state index is 4.62. The summed E-state index contributed by atoms with van der Waals surface area (Å²) in [6.07, 6.45) is 0. The van der Waals surface area contributed by atoms with E-state index in [0.717, 1.165) is 32.0 Å². The van der Waals surface area contributed by atoms with Crippen molar-refractivity contribution in [1.29, 1.82) is 0 Å². The van der Waals surface area contributed by atoms with Gasteiger partial charge in [-0.05, 0) is 0 Å². The molecular weight excluding hydrogens is 336 g/mol. The molecule has 0 unspecified atom stereocenters. The number of nitrogens with one attached hydrogen (secondary N) is 1. The highest BCUT2D eigenvalue weighted by atomic mass is 32.1. The molecule has 0 saturated heterocycles. The Labute approximate surface area is 147 Å². The van der Waals surface area contributed by atoms with E-state index < -0.39 is 0 Å².